The summed E-state index contributed by atoms with van der Waals surface area (Å²) in [5.41, 5.74) is 0. The first-order valence-electron chi connectivity index (χ1n) is 6.84. The number of carbonyl (C=O) groups excluding carboxylic acids is 1. The molecule has 7 heteroatoms. The van der Waals surface area contributed by atoms with Gasteiger partial charge in [-0.3, -0.25) is 4.79 Å². The Morgan fingerprint density at radius 2 is 1.95 bits per heavy atom. The van der Waals surface area contributed by atoms with Gasteiger partial charge in [-0.05, 0) is 13.8 Å². The van der Waals surface area contributed by atoms with Crippen LogP contribution >= 0.6 is 0 Å². The fourth-order valence-electron chi connectivity index (χ4n) is 3.61. The molecule has 0 aromatic carbocycles. The Hall–Kier alpha value is -0.730. The van der Waals surface area contributed by atoms with E-state index in [-0.39, 0.29) is 30.8 Å². The first-order valence-corrected chi connectivity index (χ1v) is 6.84. The third kappa shape index (κ3) is 1.61. The first-order chi connectivity index (χ1) is 9.44. The van der Waals surface area contributed by atoms with Gasteiger partial charge in [0.2, 0.25) is 5.79 Å². The summed E-state index contributed by atoms with van der Waals surface area (Å²) in [7, 11) is 1.34. The summed E-state index contributed by atoms with van der Waals surface area (Å²) in [5.74, 6) is -2.27. The van der Waals surface area contributed by atoms with E-state index in [0.29, 0.717) is 6.61 Å². The van der Waals surface area contributed by atoms with Crippen molar-refractivity contribution in [3.63, 3.8) is 0 Å². The van der Waals surface area contributed by atoms with Gasteiger partial charge in [-0.25, -0.2) is 0 Å². The van der Waals surface area contributed by atoms with Gasteiger partial charge in [0.15, 0.2) is 5.79 Å². The van der Waals surface area contributed by atoms with Crippen LogP contribution < -0.4 is 0 Å². The normalized spacial score (nSPS) is 51.0. The van der Waals surface area contributed by atoms with Crippen molar-refractivity contribution in [2.24, 2.45) is 0 Å². The van der Waals surface area contributed by atoms with Gasteiger partial charge in [-0.2, -0.15) is 0 Å². The van der Waals surface area contributed by atoms with Gasteiger partial charge in [0.25, 0.3) is 0 Å². The van der Waals surface area contributed by atoms with Gasteiger partial charge in [-0.15, -0.1) is 0 Å². The summed E-state index contributed by atoms with van der Waals surface area (Å²) in [4.78, 5) is 11.7. The Balaban J connectivity index is 1.70. The smallest absolute Gasteiger partial charge is 0.311 e. The molecule has 4 aliphatic heterocycles. The highest BCUT2D eigenvalue weighted by atomic mass is 16.8. The second-order valence-electron chi connectivity index (χ2n) is 6.12. The molecule has 2 bridgehead atoms. The summed E-state index contributed by atoms with van der Waals surface area (Å²) in [6, 6.07) is 0. The quantitative estimate of drug-likeness (QED) is 0.660. The van der Waals surface area contributed by atoms with Crippen LogP contribution in [0.2, 0.25) is 0 Å². The van der Waals surface area contributed by atoms with Crippen LogP contribution in [0, 0.1) is 0 Å². The Morgan fingerprint density at radius 1 is 1.15 bits per heavy atom. The maximum absolute atomic E-state index is 11.7. The molecule has 0 amide bonds. The zero-order valence-corrected chi connectivity index (χ0v) is 11.7. The first kappa shape index (κ1) is 13.0. The molecule has 4 saturated heterocycles. The molecule has 0 saturated carbocycles. The van der Waals surface area contributed by atoms with E-state index in [4.69, 9.17) is 28.4 Å². The molecule has 0 radical (unpaired) electrons. The van der Waals surface area contributed by atoms with Gasteiger partial charge in [0.1, 0.15) is 36.9 Å². The molecule has 0 aliphatic carbocycles. The minimum absolute atomic E-state index is 0.0101. The lowest BCUT2D eigenvalue weighted by Crippen LogP contribution is -2.59. The van der Waals surface area contributed by atoms with Crippen LogP contribution in [0.15, 0.2) is 0 Å². The second kappa shape index (κ2) is 3.92. The van der Waals surface area contributed by atoms with Gasteiger partial charge >= 0.3 is 5.97 Å². The largest absolute Gasteiger partial charge is 0.469 e. The number of ether oxygens (including phenoxy) is 6. The lowest BCUT2D eigenvalue weighted by molar-refractivity contribution is -0.291. The maximum atomic E-state index is 11.7. The van der Waals surface area contributed by atoms with Crippen LogP contribution in [-0.2, 0) is 33.2 Å². The highest BCUT2D eigenvalue weighted by Gasteiger charge is 2.71. The highest BCUT2D eigenvalue weighted by Crippen LogP contribution is 2.52. The zero-order valence-electron chi connectivity index (χ0n) is 11.7. The molecule has 4 heterocycles. The third-order valence-corrected chi connectivity index (χ3v) is 4.33. The Labute approximate surface area is 116 Å². The molecule has 6 atom stereocenters. The fourth-order valence-corrected chi connectivity index (χ4v) is 3.61. The van der Waals surface area contributed by atoms with Crippen molar-refractivity contribution in [3.05, 3.63) is 0 Å². The highest BCUT2D eigenvalue weighted by molar-refractivity contribution is 5.70. The van der Waals surface area contributed by atoms with E-state index in [0.717, 1.165) is 0 Å². The minimum Gasteiger partial charge on any atom is -0.469 e. The van der Waals surface area contributed by atoms with Crippen molar-refractivity contribution < 1.29 is 33.2 Å². The van der Waals surface area contributed by atoms with E-state index < -0.39 is 23.6 Å². The molecule has 112 valence electrons. The average Bonchev–Trinajstić information content (AvgIpc) is 2.97. The second-order valence-corrected chi connectivity index (χ2v) is 6.12. The van der Waals surface area contributed by atoms with E-state index >= 15 is 0 Å². The number of hydrogen-bond acceptors (Lipinski definition) is 7. The summed E-state index contributed by atoms with van der Waals surface area (Å²) in [6.07, 6.45) is -1.39. The van der Waals surface area contributed by atoms with Crippen LogP contribution in [0.5, 0.6) is 0 Å². The molecule has 4 rings (SSSR count). The molecule has 4 fully saturated rings. The van der Waals surface area contributed by atoms with E-state index in [1.807, 2.05) is 13.8 Å². The van der Waals surface area contributed by atoms with Crippen molar-refractivity contribution in [1.82, 2.24) is 0 Å². The predicted molar refractivity (Wildman–Crippen MR) is 62.7 cm³/mol. The van der Waals surface area contributed by atoms with Gasteiger partial charge in [0.05, 0.1) is 13.7 Å². The Morgan fingerprint density at radius 3 is 2.70 bits per heavy atom. The van der Waals surface area contributed by atoms with Crippen molar-refractivity contribution >= 4 is 5.97 Å². The lowest BCUT2D eigenvalue weighted by atomic mass is 9.92. The molecular formula is C13H18O7. The van der Waals surface area contributed by atoms with E-state index in [2.05, 4.69) is 0 Å². The van der Waals surface area contributed by atoms with Crippen molar-refractivity contribution in [3.8, 4) is 0 Å². The van der Waals surface area contributed by atoms with Crippen LogP contribution in [0.25, 0.3) is 0 Å². The fraction of sp³-hybridized carbons (Fsp3) is 0.923. The molecule has 20 heavy (non-hydrogen) atoms. The molecule has 0 unspecified atom stereocenters. The predicted octanol–water partition coefficient (Wildman–Crippen LogP) is -0.0377. The summed E-state index contributed by atoms with van der Waals surface area (Å²) >= 11 is 0. The number of rotatable bonds is 2. The van der Waals surface area contributed by atoms with Crippen LogP contribution in [0.3, 0.4) is 0 Å². The summed E-state index contributed by atoms with van der Waals surface area (Å²) in [6.45, 7) is 4.11. The van der Waals surface area contributed by atoms with E-state index in [9.17, 15) is 4.79 Å². The molecule has 7 nitrogen and oxygen atoms in total. The van der Waals surface area contributed by atoms with E-state index in [1.54, 1.807) is 0 Å². The number of esters is 1. The molecule has 0 N–H and O–H groups in total. The van der Waals surface area contributed by atoms with Gasteiger partial charge < -0.3 is 28.4 Å². The standard InChI is InChI=1S/C13H18O7/c1-12(2)18-10-9-8-6(5-16-9)17-13(19-8,11(10)20-12)4-7(14)15-3/h6,8-11H,4-5H2,1-3H3/t6-,8-,9+,10-,11-,13+/m1/s1. The third-order valence-electron chi connectivity index (χ3n) is 4.33. The van der Waals surface area contributed by atoms with Gasteiger partial charge in [0, 0.05) is 0 Å². The Bertz CT molecular complexity index is 446. The average molecular weight is 286 g/mol. The maximum Gasteiger partial charge on any atom is 0.311 e. The SMILES string of the molecule is COC(=O)C[C@@]12O[C@H]3[C@H](OC[C@H]3O1)[C@H]1OC(C)(C)O[C@H]12. The topological polar surface area (TPSA) is 72.5 Å². The van der Waals surface area contributed by atoms with Crippen LogP contribution in [0.4, 0.5) is 0 Å². The van der Waals surface area contributed by atoms with Crippen molar-refractivity contribution in [2.45, 2.75) is 62.4 Å². The van der Waals surface area contributed by atoms with Crippen molar-refractivity contribution in [1.29, 1.82) is 0 Å². The van der Waals surface area contributed by atoms with Crippen molar-refractivity contribution in [2.75, 3.05) is 13.7 Å². The number of hydrogen-bond donors (Lipinski definition) is 0. The molecule has 0 aromatic rings. The lowest BCUT2D eigenvalue weighted by Gasteiger charge is -2.41. The molecule has 4 aliphatic rings. The summed E-state index contributed by atoms with van der Waals surface area (Å²) in [5, 5.41) is 0. The Kier molecular flexibility index (Phi) is 2.54. The molecule has 0 aromatic heterocycles. The van der Waals surface area contributed by atoms with E-state index in [1.165, 1.54) is 7.11 Å². The molecule has 0 spiro atoms. The zero-order chi connectivity index (χ0) is 14.1. The number of methoxy groups -OCH3 is 1. The van der Waals surface area contributed by atoms with Crippen LogP contribution in [0.1, 0.15) is 20.3 Å². The van der Waals surface area contributed by atoms with Gasteiger partial charge in [-0.1, -0.05) is 0 Å². The minimum atomic E-state index is -1.12. The monoisotopic (exact) mass is 286 g/mol. The summed E-state index contributed by atoms with van der Waals surface area (Å²) < 4.78 is 34.3. The van der Waals surface area contributed by atoms with Crippen LogP contribution in [-0.4, -0.2) is 61.8 Å². The number of fused-ring (bicyclic) bond motifs is 4. The molecular weight excluding hydrogens is 268 g/mol. The number of carbonyl (C=O) groups is 1.